The van der Waals surface area contributed by atoms with E-state index in [9.17, 15) is 22.8 Å². The van der Waals surface area contributed by atoms with Crippen LogP contribution in [0, 0.1) is 0 Å². The van der Waals surface area contributed by atoms with E-state index in [1.54, 1.807) is 19.9 Å². The Balaban J connectivity index is 2.13. The number of carbonyl (C=O) groups excluding carboxylic acids is 2. The molecule has 2 aromatic rings. The second-order valence-electron chi connectivity index (χ2n) is 7.07. The van der Waals surface area contributed by atoms with Gasteiger partial charge in [0.1, 0.15) is 11.6 Å². The highest BCUT2D eigenvalue weighted by Crippen LogP contribution is 2.35. The number of alkyl carbamates (subject to hydrolysis) is 1. The van der Waals surface area contributed by atoms with E-state index in [0.29, 0.717) is 5.56 Å². The van der Waals surface area contributed by atoms with Crippen LogP contribution >= 0.6 is 0 Å². The third kappa shape index (κ3) is 7.10. The van der Waals surface area contributed by atoms with Crippen molar-refractivity contribution in [3.8, 4) is 5.75 Å². The standard InChI is InChI=1S/C21H24F3N3O5/c1-12(2)31-19(28)17(11-18-25-8-5-9-26-18)32-20(29)27-13(3)15-7-6-14(21(22,23)24)10-16(15)30-4/h5-10,12-13,17H,11H2,1-4H3,(H,27,29). The Morgan fingerprint density at radius 3 is 2.31 bits per heavy atom. The van der Waals surface area contributed by atoms with Gasteiger partial charge in [0.05, 0.1) is 31.2 Å². The molecule has 174 valence electrons. The van der Waals surface area contributed by atoms with E-state index in [-0.39, 0.29) is 18.0 Å². The van der Waals surface area contributed by atoms with E-state index in [0.717, 1.165) is 12.1 Å². The summed E-state index contributed by atoms with van der Waals surface area (Å²) in [6.45, 7) is 4.83. The zero-order valence-electron chi connectivity index (χ0n) is 18.0. The zero-order valence-corrected chi connectivity index (χ0v) is 18.0. The fourth-order valence-corrected chi connectivity index (χ4v) is 2.75. The summed E-state index contributed by atoms with van der Waals surface area (Å²) in [5, 5.41) is 2.48. The summed E-state index contributed by atoms with van der Waals surface area (Å²) in [6, 6.07) is 3.74. The van der Waals surface area contributed by atoms with Gasteiger partial charge in [0, 0.05) is 18.0 Å². The normalized spacial score (nSPS) is 13.2. The Morgan fingerprint density at radius 1 is 1.09 bits per heavy atom. The van der Waals surface area contributed by atoms with Crippen LogP contribution in [0.3, 0.4) is 0 Å². The minimum absolute atomic E-state index is 0.0546. The minimum atomic E-state index is -4.54. The zero-order chi connectivity index (χ0) is 23.9. The third-order valence-electron chi connectivity index (χ3n) is 4.21. The van der Waals surface area contributed by atoms with Crippen LogP contribution in [0.2, 0.25) is 0 Å². The molecule has 2 rings (SSSR count). The first-order chi connectivity index (χ1) is 15.0. The van der Waals surface area contributed by atoms with E-state index in [1.807, 2.05) is 0 Å². The average Bonchev–Trinajstić information content (AvgIpc) is 2.72. The maximum Gasteiger partial charge on any atom is 0.416 e. The number of halogens is 3. The second-order valence-corrected chi connectivity index (χ2v) is 7.07. The van der Waals surface area contributed by atoms with Gasteiger partial charge >= 0.3 is 18.2 Å². The van der Waals surface area contributed by atoms with Crippen LogP contribution in [0.5, 0.6) is 5.75 Å². The molecule has 0 aliphatic rings. The lowest BCUT2D eigenvalue weighted by atomic mass is 10.0. The molecule has 1 aromatic carbocycles. The van der Waals surface area contributed by atoms with Crippen molar-refractivity contribution >= 4 is 12.1 Å². The van der Waals surface area contributed by atoms with Crippen LogP contribution in [0.4, 0.5) is 18.0 Å². The highest BCUT2D eigenvalue weighted by molar-refractivity contribution is 5.79. The molecule has 0 spiro atoms. The lowest BCUT2D eigenvalue weighted by Crippen LogP contribution is -2.38. The molecular weight excluding hydrogens is 431 g/mol. The van der Waals surface area contributed by atoms with Crippen molar-refractivity contribution in [1.29, 1.82) is 0 Å². The number of carbonyl (C=O) groups is 2. The number of rotatable bonds is 8. The van der Waals surface area contributed by atoms with E-state index < -0.39 is 42.1 Å². The number of amides is 1. The molecule has 2 atom stereocenters. The van der Waals surface area contributed by atoms with Gasteiger partial charge in [0.25, 0.3) is 0 Å². The molecule has 8 nitrogen and oxygen atoms in total. The number of aromatic nitrogens is 2. The van der Waals surface area contributed by atoms with Gasteiger partial charge in [-0.25, -0.2) is 19.6 Å². The van der Waals surface area contributed by atoms with Crippen molar-refractivity contribution < 1.29 is 37.0 Å². The molecule has 1 amide bonds. The number of ether oxygens (including phenoxy) is 3. The number of hydrogen-bond donors (Lipinski definition) is 1. The molecule has 0 saturated heterocycles. The van der Waals surface area contributed by atoms with Gasteiger partial charge in [-0.15, -0.1) is 0 Å². The Morgan fingerprint density at radius 2 is 1.75 bits per heavy atom. The average molecular weight is 455 g/mol. The van der Waals surface area contributed by atoms with Crippen LogP contribution in [0.1, 0.15) is 43.8 Å². The van der Waals surface area contributed by atoms with Crippen LogP contribution in [0.25, 0.3) is 0 Å². The quantitative estimate of drug-likeness (QED) is 0.604. The van der Waals surface area contributed by atoms with Crippen molar-refractivity contribution in [2.75, 3.05) is 7.11 Å². The molecule has 0 fully saturated rings. The smallest absolute Gasteiger partial charge is 0.416 e. The number of nitrogens with one attached hydrogen (secondary N) is 1. The van der Waals surface area contributed by atoms with Gasteiger partial charge in [-0.2, -0.15) is 13.2 Å². The summed E-state index contributed by atoms with van der Waals surface area (Å²) < 4.78 is 54.2. The molecule has 0 aliphatic heterocycles. The summed E-state index contributed by atoms with van der Waals surface area (Å²) in [7, 11) is 1.22. The van der Waals surface area contributed by atoms with Crippen LogP contribution in [0.15, 0.2) is 36.7 Å². The molecule has 0 bridgehead atoms. The van der Waals surface area contributed by atoms with Gasteiger partial charge in [-0.3, -0.25) is 0 Å². The molecule has 32 heavy (non-hydrogen) atoms. The fraction of sp³-hybridized carbons (Fsp3) is 0.429. The van der Waals surface area contributed by atoms with E-state index in [2.05, 4.69) is 15.3 Å². The molecule has 1 N–H and O–H groups in total. The Bertz CT molecular complexity index is 923. The van der Waals surface area contributed by atoms with Crippen molar-refractivity contribution in [3.05, 3.63) is 53.6 Å². The highest BCUT2D eigenvalue weighted by Gasteiger charge is 2.32. The van der Waals surface area contributed by atoms with Gasteiger partial charge in [-0.05, 0) is 39.0 Å². The number of nitrogens with zero attached hydrogens (tertiary/aromatic N) is 2. The molecule has 0 radical (unpaired) electrons. The first kappa shape index (κ1) is 24.9. The van der Waals surface area contributed by atoms with Crippen molar-refractivity contribution in [2.45, 2.75) is 51.6 Å². The molecular formula is C21H24F3N3O5. The number of benzene rings is 1. The minimum Gasteiger partial charge on any atom is -0.496 e. The third-order valence-corrected chi connectivity index (χ3v) is 4.21. The number of methoxy groups -OCH3 is 1. The Labute approximate surface area is 183 Å². The van der Waals surface area contributed by atoms with Crippen molar-refractivity contribution in [3.63, 3.8) is 0 Å². The van der Waals surface area contributed by atoms with Gasteiger partial charge in [0.15, 0.2) is 0 Å². The van der Waals surface area contributed by atoms with E-state index in [1.165, 1.54) is 32.5 Å². The highest BCUT2D eigenvalue weighted by atomic mass is 19.4. The molecule has 11 heteroatoms. The van der Waals surface area contributed by atoms with Gasteiger partial charge in [-0.1, -0.05) is 6.07 Å². The molecule has 2 unspecified atom stereocenters. The van der Waals surface area contributed by atoms with E-state index in [4.69, 9.17) is 14.2 Å². The predicted molar refractivity (Wildman–Crippen MR) is 107 cm³/mol. The van der Waals surface area contributed by atoms with Gasteiger partial charge < -0.3 is 19.5 Å². The topological polar surface area (TPSA) is 99.6 Å². The van der Waals surface area contributed by atoms with Crippen LogP contribution in [-0.2, 0) is 26.9 Å². The number of alkyl halides is 3. The molecule has 0 saturated carbocycles. The summed E-state index contributed by atoms with van der Waals surface area (Å²) in [5.41, 5.74) is -0.586. The summed E-state index contributed by atoms with van der Waals surface area (Å²) in [4.78, 5) is 32.8. The van der Waals surface area contributed by atoms with Gasteiger partial charge in [0.2, 0.25) is 6.10 Å². The largest absolute Gasteiger partial charge is 0.496 e. The monoisotopic (exact) mass is 455 g/mol. The van der Waals surface area contributed by atoms with Crippen LogP contribution < -0.4 is 10.1 Å². The van der Waals surface area contributed by atoms with Crippen molar-refractivity contribution in [2.24, 2.45) is 0 Å². The van der Waals surface area contributed by atoms with E-state index >= 15 is 0 Å². The molecule has 1 aromatic heterocycles. The second kappa shape index (κ2) is 10.8. The fourth-order valence-electron chi connectivity index (χ4n) is 2.75. The SMILES string of the molecule is COc1cc(C(F)(F)F)ccc1C(C)NC(=O)OC(Cc1ncccn1)C(=O)OC(C)C. The van der Waals surface area contributed by atoms with Crippen molar-refractivity contribution in [1.82, 2.24) is 15.3 Å². The maximum atomic E-state index is 12.9. The molecule has 1 heterocycles. The summed E-state index contributed by atoms with van der Waals surface area (Å²) in [5.74, 6) is -0.563. The lowest BCUT2D eigenvalue weighted by molar-refractivity contribution is -0.157. The number of hydrogen-bond acceptors (Lipinski definition) is 7. The summed E-state index contributed by atoms with van der Waals surface area (Å²) in [6.07, 6.45) is -4.42. The Hall–Kier alpha value is -3.37. The lowest BCUT2D eigenvalue weighted by Gasteiger charge is -2.21. The summed E-state index contributed by atoms with van der Waals surface area (Å²) >= 11 is 0. The Kier molecular flexibility index (Phi) is 8.39. The maximum absolute atomic E-state index is 12.9. The first-order valence-corrected chi connectivity index (χ1v) is 9.70. The molecule has 0 aliphatic carbocycles. The first-order valence-electron chi connectivity index (χ1n) is 9.70. The van der Waals surface area contributed by atoms with Crippen LogP contribution in [-0.4, -0.2) is 41.3 Å². The number of esters is 1. The predicted octanol–water partition coefficient (Wildman–Crippen LogP) is 3.85.